The van der Waals surface area contributed by atoms with Crippen LogP contribution >= 0.6 is 0 Å². The Bertz CT molecular complexity index is 939. The highest BCUT2D eigenvalue weighted by atomic mass is 19.1. The molecule has 136 valence electrons. The standard InChI is InChI=1S/C22H18FNO3/c23-19-9-5-4-8-18(19)14-20(22(26)27)24-21(25)17-12-10-16(11-13-17)15-6-2-1-3-7-15/h1-13,20H,14H2,(H,24,25)(H,26,27)/t20-/m0/s1. The van der Waals surface area contributed by atoms with Gasteiger partial charge >= 0.3 is 5.97 Å². The summed E-state index contributed by atoms with van der Waals surface area (Å²) in [5.41, 5.74) is 2.56. The van der Waals surface area contributed by atoms with E-state index in [0.717, 1.165) is 11.1 Å². The molecule has 0 aliphatic rings. The third-order valence-corrected chi connectivity index (χ3v) is 4.24. The van der Waals surface area contributed by atoms with Gasteiger partial charge in [-0.25, -0.2) is 9.18 Å². The number of aliphatic carboxylic acids is 1. The second-order valence-corrected chi connectivity index (χ2v) is 6.10. The lowest BCUT2D eigenvalue weighted by Gasteiger charge is -2.15. The van der Waals surface area contributed by atoms with E-state index in [1.807, 2.05) is 30.3 Å². The van der Waals surface area contributed by atoms with Gasteiger partial charge in [0, 0.05) is 12.0 Å². The zero-order valence-electron chi connectivity index (χ0n) is 14.4. The molecule has 2 N–H and O–H groups in total. The molecule has 0 saturated heterocycles. The summed E-state index contributed by atoms with van der Waals surface area (Å²) in [6, 6.07) is 21.3. The van der Waals surface area contributed by atoms with Gasteiger partial charge in [-0.2, -0.15) is 0 Å². The number of nitrogens with one attached hydrogen (secondary N) is 1. The number of carbonyl (C=O) groups is 2. The van der Waals surface area contributed by atoms with Crippen molar-refractivity contribution in [2.45, 2.75) is 12.5 Å². The van der Waals surface area contributed by atoms with E-state index in [2.05, 4.69) is 5.32 Å². The molecular formula is C22H18FNO3. The Morgan fingerprint density at radius 2 is 1.44 bits per heavy atom. The van der Waals surface area contributed by atoms with Gasteiger partial charge in [-0.05, 0) is 34.9 Å². The third-order valence-electron chi connectivity index (χ3n) is 4.24. The average Bonchev–Trinajstić information content (AvgIpc) is 2.69. The molecule has 0 bridgehead atoms. The smallest absolute Gasteiger partial charge is 0.326 e. The lowest BCUT2D eigenvalue weighted by Crippen LogP contribution is -2.42. The molecule has 0 fully saturated rings. The predicted octanol–water partition coefficient (Wildman–Crippen LogP) is 3.92. The van der Waals surface area contributed by atoms with E-state index >= 15 is 0 Å². The summed E-state index contributed by atoms with van der Waals surface area (Å²) in [6.07, 6.45) is -0.129. The zero-order valence-corrected chi connectivity index (χ0v) is 14.4. The quantitative estimate of drug-likeness (QED) is 0.698. The van der Waals surface area contributed by atoms with Crippen molar-refractivity contribution in [1.82, 2.24) is 5.32 Å². The fourth-order valence-electron chi connectivity index (χ4n) is 2.77. The number of halogens is 1. The minimum atomic E-state index is -1.22. The number of hydrogen-bond acceptors (Lipinski definition) is 2. The van der Waals surface area contributed by atoms with Gasteiger partial charge in [0.05, 0.1) is 0 Å². The first kappa shape index (κ1) is 18.3. The lowest BCUT2D eigenvalue weighted by atomic mass is 10.0. The Morgan fingerprint density at radius 1 is 0.852 bits per heavy atom. The van der Waals surface area contributed by atoms with Crippen LogP contribution in [0.4, 0.5) is 4.39 Å². The van der Waals surface area contributed by atoms with Crippen molar-refractivity contribution in [1.29, 1.82) is 0 Å². The predicted molar refractivity (Wildman–Crippen MR) is 101 cm³/mol. The molecule has 0 spiro atoms. The Kier molecular flexibility index (Phi) is 5.61. The highest BCUT2D eigenvalue weighted by Crippen LogP contribution is 2.19. The molecule has 0 radical (unpaired) electrons. The third kappa shape index (κ3) is 4.58. The molecule has 1 amide bonds. The molecule has 0 aromatic heterocycles. The molecule has 27 heavy (non-hydrogen) atoms. The molecule has 3 aromatic rings. The largest absolute Gasteiger partial charge is 0.480 e. The van der Waals surface area contributed by atoms with Crippen LogP contribution in [0.3, 0.4) is 0 Å². The number of carboxylic acid groups (broad SMARTS) is 1. The number of benzene rings is 3. The Morgan fingerprint density at radius 3 is 2.07 bits per heavy atom. The van der Waals surface area contributed by atoms with Gasteiger partial charge in [-0.15, -0.1) is 0 Å². The van der Waals surface area contributed by atoms with Crippen LogP contribution in [0.2, 0.25) is 0 Å². The minimum absolute atomic E-state index is 0.129. The second-order valence-electron chi connectivity index (χ2n) is 6.10. The molecule has 0 saturated carbocycles. The average molecular weight is 363 g/mol. The number of rotatable bonds is 6. The van der Waals surface area contributed by atoms with Crippen molar-refractivity contribution >= 4 is 11.9 Å². The van der Waals surface area contributed by atoms with E-state index in [0.29, 0.717) is 5.56 Å². The van der Waals surface area contributed by atoms with Gasteiger partial charge < -0.3 is 10.4 Å². The molecule has 4 nitrogen and oxygen atoms in total. The van der Waals surface area contributed by atoms with Crippen LogP contribution in [-0.4, -0.2) is 23.0 Å². The van der Waals surface area contributed by atoms with Gasteiger partial charge in [-0.3, -0.25) is 4.79 Å². The summed E-state index contributed by atoms with van der Waals surface area (Å²) in [4.78, 5) is 23.9. The normalized spacial score (nSPS) is 11.6. The summed E-state index contributed by atoms with van der Waals surface area (Å²) < 4.78 is 13.8. The Labute approximate surface area is 156 Å². The van der Waals surface area contributed by atoms with Gasteiger partial charge in [0.15, 0.2) is 0 Å². The fourth-order valence-corrected chi connectivity index (χ4v) is 2.77. The summed E-state index contributed by atoms with van der Waals surface area (Å²) in [5.74, 6) is -2.23. The maximum atomic E-state index is 13.8. The topological polar surface area (TPSA) is 66.4 Å². The van der Waals surface area contributed by atoms with E-state index in [1.54, 1.807) is 30.3 Å². The highest BCUT2D eigenvalue weighted by molar-refractivity contribution is 5.97. The van der Waals surface area contributed by atoms with Crippen molar-refractivity contribution in [2.75, 3.05) is 0 Å². The van der Waals surface area contributed by atoms with E-state index in [-0.39, 0.29) is 12.0 Å². The fraction of sp³-hybridized carbons (Fsp3) is 0.0909. The first-order chi connectivity index (χ1) is 13.0. The lowest BCUT2D eigenvalue weighted by molar-refractivity contribution is -0.139. The SMILES string of the molecule is O=C(N[C@@H](Cc1ccccc1F)C(=O)O)c1ccc(-c2ccccc2)cc1. The number of amides is 1. The molecule has 5 heteroatoms. The molecular weight excluding hydrogens is 345 g/mol. The first-order valence-electron chi connectivity index (χ1n) is 8.47. The van der Waals surface area contributed by atoms with Crippen LogP contribution in [0.1, 0.15) is 15.9 Å². The summed E-state index contributed by atoms with van der Waals surface area (Å²) in [7, 11) is 0. The number of carbonyl (C=O) groups excluding carboxylic acids is 1. The minimum Gasteiger partial charge on any atom is -0.480 e. The molecule has 0 heterocycles. The molecule has 3 rings (SSSR count). The van der Waals surface area contributed by atoms with E-state index in [1.165, 1.54) is 18.2 Å². The summed E-state index contributed by atoms with van der Waals surface area (Å²) in [5, 5.41) is 11.8. The van der Waals surface area contributed by atoms with Crippen LogP contribution < -0.4 is 5.32 Å². The number of carboxylic acids is 1. The van der Waals surface area contributed by atoms with Gasteiger partial charge in [0.1, 0.15) is 11.9 Å². The van der Waals surface area contributed by atoms with Crippen LogP contribution in [0.5, 0.6) is 0 Å². The Balaban J connectivity index is 1.72. The van der Waals surface area contributed by atoms with Crippen molar-refractivity contribution in [3.05, 3.63) is 95.8 Å². The van der Waals surface area contributed by atoms with Crippen molar-refractivity contribution < 1.29 is 19.1 Å². The molecule has 0 unspecified atom stereocenters. The van der Waals surface area contributed by atoms with Crippen molar-refractivity contribution in [2.24, 2.45) is 0 Å². The van der Waals surface area contributed by atoms with Gasteiger partial charge in [-0.1, -0.05) is 60.7 Å². The van der Waals surface area contributed by atoms with Gasteiger partial charge in [0.2, 0.25) is 0 Å². The molecule has 0 aliphatic heterocycles. The second kappa shape index (κ2) is 8.27. The molecule has 3 aromatic carbocycles. The van der Waals surface area contributed by atoms with Crippen LogP contribution in [-0.2, 0) is 11.2 Å². The van der Waals surface area contributed by atoms with Gasteiger partial charge in [0.25, 0.3) is 5.91 Å². The van der Waals surface area contributed by atoms with Crippen LogP contribution in [0, 0.1) is 5.82 Å². The van der Waals surface area contributed by atoms with Crippen LogP contribution in [0.15, 0.2) is 78.9 Å². The monoisotopic (exact) mass is 363 g/mol. The van der Waals surface area contributed by atoms with E-state index in [4.69, 9.17) is 0 Å². The first-order valence-corrected chi connectivity index (χ1v) is 8.47. The zero-order chi connectivity index (χ0) is 19.2. The maximum absolute atomic E-state index is 13.8. The number of hydrogen-bond donors (Lipinski definition) is 2. The molecule has 0 aliphatic carbocycles. The summed E-state index contributed by atoms with van der Waals surface area (Å²) >= 11 is 0. The Hall–Kier alpha value is -3.47. The van der Waals surface area contributed by atoms with Crippen molar-refractivity contribution in [3.63, 3.8) is 0 Å². The van der Waals surface area contributed by atoms with E-state index in [9.17, 15) is 19.1 Å². The van der Waals surface area contributed by atoms with E-state index < -0.39 is 23.7 Å². The summed E-state index contributed by atoms with van der Waals surface area (Å²) in [6.45, 7) is 0. The molecule has 1 atom stereocenters. The van der Waals surface area contributed by atoms with Crippen molar-refractivity contribution in [3.8, 4) is 11.1 Å². The van der Waals surface area contributed by atoms with Crippen LogP contribution in [0.25, 0.3) is 11.1 Å². The maximum Gasteiger partial charge on any atom is 0.326 e. The highest BCUT2D eigenvalue weighted by Gasteiger charge is 2.22.